The van der Waals surface area contributed by atoms with Crippen molar-refractivity contribution < 1.29 is 4.79 Å². The van der Waals surface area contributed by atoms with E-state index in [2.05, 4.69) is 10.3 Å². The van der Waals surface area contributed by atoms with Crippen molar-refractivity contribution in [2.24, 2.45) is 0 Å². The lowest BCUT2D eigenvalue weighted by Gasteiger charge is -2.10. The molecule has 0 aliphatic heterocycles. The number of aromatic nitrogens is 2. The first-order chi connectivity index (χ1) is 10.5. The lowest BCUT2D eigenvalue weighted by atomic mass is 10.2. The van der Waals surface area contributed by atoms with E-state index < -0.39 is 0 Å². The molecule has 2 rings (SSSR count). The molecule has 6 nitrogen and oxygen atoms in total. The minimum Gasteiger partial charge on any atom is -0.397 e. The van der Waals surface area contributed by atoms with Crippen LogP contribution in [-0.2, 0) is 11.3 Å². The molecule has 0 radical (unpaired) electrons. The topological polar surface area (TPSA) is 90.0 Å². The highest BCUT2D eigenvalue weighted by Gasteiger charge is 2.07. The first kappa shape index (κ1) is 15.8. The maximum absolute atomic E-state index is 11.9. The summed E-state index contributed by atoms with van der Waals surface area (Å²) in [7, 11) is 0. The first-order valence-corrected chi connectivity index (χ1v) is 7.17. The van der Waals surface area contributed by atoms with Crippen LogP contribution in [0.5, 0.6) is 0 Å². The van der Waals surface area contributed by atoms with Crippen LogP contribution >= 0.6 is 0 Å². The number of rotatable bonds is 5. The van der Waals surface area contributed by atoms with Gasteiger partial charge < -0.3 is 11.1 Å². The lowest BCUT2D eigenvalue weighted by Crippen LogP contribution is -2.26. The van der Waals surface area contributed by atoms with E-state index in [0.717, 1.165) is 5.69 Å². The van der Waals surface area contributed by atoms with Gasteiger partial charge in [-0.2, -0.15) is 4.98 Å². The Balaban J connectivity index is 1.90. The Kier molecular flexibility index (Phi) is 4.93. The summed E-state index contributed by atoms with van der Waals surface area (Å²) in [5, 5.41) is 2.77. The van der Waals surface area contributed by atoms with Gasteiger partial charge in [0.15, 0.2) is 0 Å². The van der Waals surface area contributed by atoms with Gasteiger partial charge in [0.2, 0.25) is 5.91 Å². The van der Waals surface area contributed by atoms with Crippen LogP contribution in [0.4, 0.5) is 11.4 Å². The predicted octanol–water partition coefficient (Wildman–Crippen LogP) is 1.86. The van der Waals surface area contributed by atoms with Crippen LogP contribution < -0.4 is 16.7 Å². The van der Waals surface area contributed by atoms with E-state index in [1.54, 1.807) is 23.6 Å². The van der Waals surface area contributed by atoms with E-state index in [1.807, 2.05) is 25.1 Å². The van der Waals surface area contributed by atoms with Crippen molar-refractivity contribution in [1.82, 2.24) is 9.55 Å². The van der Waals surface area contributed by atoms with Gasteiger partial charge in [-0.25, -0.2) is 4.79 Å². The first-order valence-electron chi connectivity index (χ1n) is 7.17. The summed E-state index contributed by atoms with van der Waals surface area (Å²) >= 11 is 0. The van der Waals surface area contributed by atoms with E-state index >= 15 is 0 Å². The zero-order chi connectivity index (χ0) is 16.1. The number of nitrogens with zero attached hydrogens (tertiary/aromatic N) is 2. The van der Waals surface area contributed by atoms with E-state index in [4.69, 9.17) is 5.73 Å². The van der Waals surface area contributed by atoms with Gasteiger partial charge in [0.25, 0.3) is 0 Å². The highest BCUT2D eigenvalue weighted by atomic mass is 16.2. The number of aryl methyl sites for hydroxylation is 2. The number of para-hydroxylation sites is 2. The van der Waals surface area contributed by atoms with Crippen LogP contribution in [0.3, 0.4) is 0 Å². The molecule has 0 unspecified atom stereocenters. The largest absolute Gasteiger partial charge is 0.397 e. The van der Waals surface area contributed by atoms with Gasteiger partial charge in [-0.15, -0.1) is 0 Å². The number of hydrogen-bond acceptors (Lipinski definition) is 4. The second-order valence-corrected chi connectivity index (χ2v) is 5.21. The number of nitrogens with two attached hydrogens (primary N) is 1. The average molecular weight is 300 g/mol. The molecule has 0 aliphatic rings. The average Bonchev–Trinajstić information content (AvgIpc) is 2.44. The third-order valence-corrected chi connectivity index (χ3v) is 3.37. The number of nitrogen functional groups attached to an aromatic ring is 1. The highest BCUT2D eigenvalue weighted by Crippen LogP contribution is 2.17. The monoisotopic (exact) mass is 300 g/mol. The molecule has 0 aliphatic carbocycles. The van der Waals surface area contributed by atoms with Gasteiger partial charge in [-0.1, -0.05) is 12.1 Å². The second kappa shape index (κ2) is 6.89. The van der Waals surface area contributed by atoms with Crippen molar-refractivity contribution in [3.63, 3.8) is 0 Å². The Bertz CT molecular complexity index is 737. The minimum atomic E-state index is -0.273. The standard InChI is InChI=1S/C16H20N4O2/c1-11-10-12(2)20(16(22)18-11)9-5-8-15(21)19-14-7-4-3-6-13(14)17/h3-4,6-7,10H,5,8-9,17H2,1-2H3,(H,19,21). The third-order valence-electron chi connectivity index (χ3n) is 3.37. The molecule has 0 spiro atoms. The third kappa shape index (κ3) is 3.94. The zero-order valence-electron chi connectivity index (χ0n) is 12.8. The van der Waals surface area contributed by atoms with Gasteiger partial charge in [0, 0.05) is 24.4 Å². The van der Waals surface area contributed by atoms with Crippen molar-refractivity contribution >= 4 is 17.3 Å². The van der Waals surface area contributed by atoms with E-state index in [9.17, 15) is 9.59 Å². The molecule has 0 atom stereocenters. The molecule has 1 amide bonds. The molecule has 0 saturated heterocycles. The lowest BCUT2D eigenvalue weighted by molar-refractivity contribution is -0.116. The van der Waals surface area contributed by atoms with Gasteiger partial charge in [0.05, 0.1) is 11.4 Å². The normalized spacial score (nSPS) is 10.5. The van der Waals surface area contributed by atoms with Crippen LogP contribution in [0.2, 0.25) is 0 Å². The molecule has 0 fully saturated rings. The molecule has 3 N–H and O–H groups in total. The Morgan fingerprint density at radius 3 is 2.73 bits per heavy atom. The summed E-state index contributed by atoms with van der Waals surface area (Å²) in [5.41, 5.74) is 8.20. The Hall–Kier alpha value is -2.63. The molecule has 116 valence electrons. The van der Waals surface area contributed by atoms with Crippen LogP contribution in [0, 0.1) is 13.8 Å². The van der Waals surface area contributed by atoms with Crippen molar-refractivity contribution in [3.8, 4) is 0 Å². The number of nitrogens with one attached hydrogen (secondary N) is 1. The molecule has 2 aromatic rings. The molecule has 0 saturated carbocycles. The smallest absolute Gasteiger partial charge is 0.347 e. The molecular weight excluding hydrogens is 280 g/mol. The number of carbonyl (C=O) groups excluding carboxylic acids is 1. The molecule has 0 bridgehead atoms. The summed E-state index contributed by atoms with van der Waals surface area (Å²) in [5.74, 6) is -0.122. The van der Waals surface area contributed by atoms with Gasteiger partial charge >= 0.3 is 5.69 Å². The Morgan fingerprint density at radius 2 is 2.05 bits per heavy atom. The van der Waals surface area contributed by atoms with Crippen LogP contribution in [-0.4, -0.2) is 15.5 Å². The number of carbonyl (C=O) groups is 1. The molecular formula is C16H20N4O2. The van der Waals surface area contributed by atoms with Gasteiger partial charge in [0.1, 0.15) is 0 Å². The fourth-order valence-corrected chi connectivity index (χ4v) is 2.27. The van der Waals surface area contributed by atoms with E-state index in [-0.39, 0.29) is 11.6 Å². The van der Waals surface area contributed by atoms with Crippen molar-refractivity contribution in [2.45, 2.75) is 33.2 Å². The van der Waals surface area contributed by atoms with Crippen molar-refractivity contribution in [1.29, 1.82) is 0 Å². The zero-order valence-corrected chi connectivity index (χ0v) is 12.8. The molecule has 1 heterocycles. The minimum absolute atomic E-state index is 0.122. The highest BCUT2D eigenvalue weighted by molar-refractivity contribution is 5.93. The number of hydrogen-bond donors (Lipinski definition) is 2. The predicted molar refractivity (Wildman–Crippen MR) is 86.7 cm³/mol. The Labute approximate surface area is 129 Å². The summed E-state index contributed by atoms with van der Waals surface area (Å²) in [4.78, 5) is 27.6. The van der Waals surface area contributed by atoms with Crippen LogP contribution in [0.1, 0.15) is 24.2 Å². The second-order valence-electron chi connectivity index (χ2n) is 5.21. The molecule has 1 aromatic heterocycles. The number of benzene rings is 1. The maximum atomic E-state index is 11.9. The summed E-state index contributed by atoms with van der Waals surface area (Å²) in [6.07, 6.45) is 0.873. The van der Waals surface area contributed by atoms with E-state index in [0.29, 0.717) is 36.5 Å². The molecule has 6 heteroatoms. The molecule has 1 aromatic carbocycles. The molecule has 22 heavy (non-hydrogen) atoms. The fraction of sp³-hybridized carbons (Fsp3) is 0.312. The number of amides is 1. The summed E-state index contributed by atoms with van der Waals surface area (Å²) in [6.45, 7) is 4.12. The SMILES string of the molecule is Cc1cc(C)n(CCCC(=O)Nc2ccccc2N)c(=O)n1. The van der Waals surface area contributed by atoms with Crippen LogP contribution in [0.25, 0.3) is 0 Å². The quantitative estimate of drug-likeness (QED) is 0.825. The summed E-state index contributed by atoms with van der Waals surface area (Å²) < 4.78 is 1.58. The Morgan fingerprint density at radius 1 is 1.32 bits per heavy atom. The van der Waals surface area contributed by atoms with Gasteiger partial charge in [-0.05, 0) is 38.5 Å². The van der Waals surface area contributed by atoms with Gasteiger partial charge in [-0.3, -0.25) is 9.36 Å². The maximum Gasteiger partial charge on any atom is 0.347 e. The van der Waals surface area contributed by atoms with E-state index in [1.165, 1.54) is 0 Å². The summed E-state index contributed by atoms with van der Waals surface area (Å²) in [6, 6.07) is 8.96. The van der Waals surface area contributed by atoms with Crippen molar-refractivity contribution in [3.05, 3.63) is 52.2 Å². The van der Waals surface area contributed by atoms with Crippen molar-refractivity contribution in [2.75, 3.05) is 11.1 Å². The fourth-order valence-electron chi connectivity index (χ4n) is 2.27. The van der Waals surface area contributed by atoms with Crippen LogP contribution in [0.15, 0.2) is 35.1 Å². The number of anilines is 2.